The molecule has 1 aliphatic heterocycles. The molecule has 0 atom stereocenters. The minimum Gasteiger partial charge on any atom is -0.352 e. The van der Waals surface area contributed by atoms with Crippen LogP contribution in [0.4, 0.5) is 0 Å². The molecule has 0 aromatic heterocycles. The van der Waals surface area contributed by atoms with Crippen LogP contribution < -0.4 is 5.32 Å². The SMILES string of the molecule is CN(CC(=O)NC1CCN(C(=O)C(C)(C)C)CC1)S(=O)(=O)c1ccccc1. The molecule has 7 nitrogen and oxygen atoms in total. The van der Waals surface area contributed by atoms with E-state index in [-0.39, 0.29) is 29.3 Å². The summed E-state index contributed by atoms with van der Waals surface area (Å²) in [5.41, 5.74) is -0.412. The van der Waals surface area contributed by atoms with Crippen molar-refractivity contribution in [1.29, 1.82) is 0 Å². The third-order valence-corrected chi connectivity index (χ3v) is 6.42. The summed E-state index contributed by atoms with van der Waals surface area (Å²) in [7, 11) is -2.30. The molecule has 1 fully saturated rings. The van der Waals surface area contributed by atoms with Crippen molar-refractivity contribution in [2.45, 2.75) is 44.6 Å². The van der Waals surface area contributed by atoms with Crippen LogP contribution in [0.3, 0.4) is 0 Å². The Balaban J connectivity index is 1.86. The van der Waals surface area contributed by atoms with Gasteiger partial charge in [-0.05, 0) is 25.0 Å². The molecule has 0 spiro atoms. The lowest BCUT2D eigenvalue weighted by Crippen LogP contribution is -2.50. The fraction of sp³-hybridized carbons (Fsp3) is 0.579. The first-order valence-electron chi connectivity index (χ1n) is 9.12. The quantitative estimate of drug-likeness (QED) is 0.818. The average Bonchev–Trinajstić information content (AvgIpc) is 2.61. The average molecular weight is 396 g/mol. The van der Waals surface area contributed by atoms with Crippen LogP contribution in [0.5, 0.6) is 0 Å². The lowest BCUT2D eigenvalue weighted by atomic mass is 9.93. The van der Waals surface area contributed by atoms with Crippen LogP contribution in [0.25, 0.3) is 0 Å². The highest BCUT2D eigenvalue weighted by Gasteiger charge is 2.31. The molecule has 2 amide bonds. The molecule has 1 aliphatic rings. The van der Waals surface area contributed by atoms with E-state index in [9.17, 15) is 18.0 Å². The first-order chi connectivity index (χ1) is 12.5. The van der Waals surface area contributed by atoms with Crippen molar-refractivity contribution in [3.05, 3.63) is 30.3 Å². The van der Waals surface area contributed by atoms with Gasteiger partial charge in [0.1, 0.15) is 0 Å². The van der Waals surface area contributed by atoms with Crippen molar-refractivity contribution in [2.24, 2.45) is 5.41 Å². The number of hydrogen-bond donors (Lipinski definition) is 1. The van der Waals surface area contributed by atoms with Crippen molar-refractivity contribution in [2.75, 3.05) is 26.7 Å². The molecule has 8 heteroatoms. The maximum absolute atomic E-state index is 12.5. The fourth-order valence-corrected chi connectivity index (χ4v) is 4.18. The minimum absolute atomic E-state index is 0.0469. The number of nitrogens with one attached hydrogen (secondary N) is 1. The van der Waals surface area contributed by atoms with E-state index in [0.29, 0.717) is 25.9 Å². The standard InChI is InChI=1S/C19H29N3O4S/c1-19(2,3)18(24)22-12-10-15(11-13-22)20-17(23)14-21(4)27(25,26)16-8-6-5-7-9-16/h5-9,15H,10-14H2,1-4H3,(H,20,23). The second kappa shape index (κ2) is 8.39. The van der Waals surface area contributed by atoms with Crippen molar-refractivity contribution in [1.82, 2.24) is 14.5 Å². The highest BCUT2D eigenvalue weighted by molar-refractivity contribution is 7.89. The molecule has 1 N–H and O–H groups in total. The Hall–Kier alpha value is -1.93. The van der Waals surface area contributed by atoms with Gasteiger partial charge in [0, 0.05) is 31.6 Å². The number of likely N-dealkylation sites (tertiary alicyclic amines) is 1. The summed E-state index contributed by atoms with van der Waals surface area (Å²) in [6.07, 6.45) is 1.34. The smallest absolute Gasteiger partial charge is 0.243 e. The largest absolute Gasteiger partial charge is 0.352 e. The van der Waals surface area contributed by atoms with Crippen molar-refractivity contribution < 1.29 is 18.0 Å². The van der Waals surface area contributed by atoms with E-state index in [4.69, 9.17) is 0 Å². The van der Waals surface area contributed by atoms with E-state index in [1.807, 2.05) is 25.7 Å². The molecule has 0 unspecified atom stereocenters. The number of carbonyl (C=O) groups is 2. The lowest BCUT2D eigenvalue weighted by Gasteiger charge is -2.36. The monoisotopic (exact) mass is 395 g/mol. The van der Waals surface area contributed by atoms with Crippen LogP contribution in [0.2, 0.25) is 0 Å². The molecule has 1 aromatic carbocycles. The van der Waals surface area contributed by atoms with Gasteiger partial charge in [-0.3, -0.25) is 9.59 Å². The lowest BCUT2D eigenvalue weighted by molar-refractivity contribution is -0.140. The van der Waals surface area contributed by atoms with Gasteiger partial charge < -0.3 is 10.2 Å². The van der Waals surface area contributed by atoms with Crippen LogP contribution >= 0.6 is 0 Å². The van der Waals surface area contributed by atoms with E-state index in [1.54, 1.807) is 18.2 Å². The molecule has 1 heterocycles. The van der Waals surface area contributed by atoms with Gasteiger partial charge in [-0.1, -0.05) is 39.0 Å². The van der Waals surface area contributed by atoms with Crippen molar-refractivity contribution >= 4 is 21.8 Å². The Morgan fingerprint density at radius 2 is 1.70 bits per heavy atom. The Morgan fingerprint density at radius 3 is 2.22 bits per heavy atom. The first kappa shape index (κ1) is 21.4. The maximum Gasteiger partial charge on any atom is 0.243 e. The zero-order valence-electron chi connectivity index (χ0n) is 16.4. The molecule has 1 saturated heterocycles. The van der Waals surface area contributed by atoms with Gasteiger partial charge in [-0.2, -0.15) is 4.31 Å². The van der Waals surface area contributed by atoms with E-state index < -0.39 is 15.4 Å². The van der Waals surface area contributed by atoms with Crippen LogP contribution in [0.1, 0.15) is 33.6 Å². The Morgan fingerprint density at radius 1 is 1.15 bits per heavy atom. The molecule has 1 aromatic rings. The van der Waals surface area contributed by atoms with Gasteiger partial charge in [-0.15, -0.1) is 0 Å². The molecule has 0 radical (unpaired) electrons. The third kappa shape index (κ3) is 5.52. The summed E-state index contributed by atoms with van der Waals surface area (Å²) in [4.78, 5) is 26.6. The predicted molar refractivity (Wildman–Crippen MR) is 103 cm³/mol. The van der Waals surface area contributed by atoms with Gasteiger partial charge in [0.05, 0.1) is 11.4 Å². The molecule has 0 aliphatic carbocycles. The third-order valence-electron chi connectivity index (χ3n) is 4.61. The molecule has 150 valence electrons. The Labute approximate surface area is 161 Å². The van der Waals surface area contributed by atoms with Crippen LogP contribution in [-0.2, 0) is 19.6 Å². The topological polar surface area (TPSA) is 86.8 Å². The van der Waals surface area contributed by atoms with E-state index in [1.165, 1.54) is 19.2 Å². The van der Waals surface area contributed by atoms with E-state index >= 15 is 0 Å². The van der Waals surface area contributed by atoms with Crippen LogP contribution in [-0.4, -0.2) is 62.2 Å². The number of carbonyl (C=O) groups excluding carboxylic acids is 2. The second-order valence-electron chi connectivity index (χ2n) is 7.96. The number of amides is 2. The number of sulfonamides is 1. The summed E-state index contributed by atoms with van der Waals surface area (Å²) in [6, 6.07) is 8.00. The first-order valence-corrected chi connectivity index (χ1v) is 10.6. The highest BCUT2D eigenvalue weighted by atomic mass is 32.2. The highest BCUT2D eigenvalue weighted by Crippen LogP contribution is 2.21. The molecular formula is C19H29N3O4S. The molecule has 0 saturated carbocycles. The summed E-state index contributed by atoms with van der Waals surface area (Å²) in [6.45, 7) is 6.64. The van der Waals surface area contributed by atoms with Gasteiger partial charge in [0.2, 0.25) is 21.8 Å². The Bertz CT molecular complexity index is 764. The number of rotatable bonds is 5. The number of piperidine rings is 1. The summed E-state index contributed by atoms with van der Waals surface area (Å²) >= 11 is 0. The fourth-order valence-electron chi connectivity index (χ4n) is 3.03. The van der Waals surface area contributed by atoms with Crippen molar-refractivity contribution in [3.8, 4) is 0 Å². The van der Waals surface area contributed by atoms with Gasteiger partial charge in [0.25, 0.3) is 0 Å². The number of hydrogen-bond acceptors (Lipinski definition) is 4. The van der Waals surface area contributed by atoms with Gasteiger partial charge in [0.15, 0.2) is 0 Å². The summed E-state index contributed by atoms with van der Waals surface area (Å²) in [5, 5.41) is 2.89. The normalized spacial score (nSPS) is 16.4. The maximum atomic E-state index is 12.5. The van der Waals surface area contributed by atoms with Crippen LogP contribution in [0, 0.1) is 5.41 Å². The molecule has 0 bridgehead atoms. The summed E-state index contributed by atoms with van der Waals surface area (Å²) < 4.78 is 26.0. The number of benzene rings is 1. The van der Waals surface area contributed by atoms with E-state index in [2.05, 4.69) is 5.32 Å². The van der Waals surface area contributed by atoms with Crippen molar-refractivity contribution in [3.63, 3.8) is 0 Å². The number of likely N-dealkylation sites (N-methyl/N-ethyl adjacent to an activating group) is 1. The zero-order valence-corrected chi connectivity index (χ0v) is 17.3. The second-order valence-corrected chi connectivity index (χ2v) is 10.0. The molecule has 2 rings (SSSR count). The van der Waals surface area contributed by atoms with Gasteiger partial charge in [-0.25, -0.2) is 8.42 Å². The predicted octanol–water partition coefficient (Wildman–Crippen LogP) is 1.46. The Kier molecular flexibility index (Phi) is 6.64. The minimum atomic E-state index is -3.69. The molecule has 27 heavy (non-hydrogen) atoms. The zero-order chi connectivity index (χ0) is 20.2. The summed E-state index contributed by atoms with van der Waals surface area (Å²) in [5.74, 6) is -0.224. The molecular weight excluding hydrogens is 366 g/mol. The van der Waals surface area contributed by atoms with E-state index in [0.717, 1.165) is 4.31 Å². The van der Waals surface area contributed by atoms with Crippen LogP contribution in [0.15, 0.2) is 35.2 Å². The van der Waals surface area contributed by atoms with Gasteiger partial charge >= 0.3 is 0 Å². The number of nitrogens with zero attached hydrogens (tertiary/aromatic N) is 2.